The lowest BCUT2D eigenvalue weighted by Crippen LogP contribution is -2.42. The van der Waals surface area contributed by atoms with Gasteiger partial charge in [0.1, 0.15) is 0 Å². The Bertz CT molecular complexity index is 267. The second-order valence-electron chi connectivity index (χ2n) is 2.82. The van der Waals surface area contributed by atoms with Gasteiger partial charge in [-0.15, -0.1) is 0 Å². The summed E-state index contributed by atoms with van der Waals surface area (Å²) in [5.41, 5.74) is 0. The molecule has 8 heteroatoms. The highest BCUT2D eigenvalue weighted by atomic mass is 16.5. The van der Waals surface area contributed by atoms with Gasteiger partial charge in [-0.3, -0.25) is 4.79 Å². The van der Waals surface area contributed by atoms with Gasteiger partial charge in [0, 0.05) is 6.54 Å². The summed E-state index contributed by atoms with van der Waals surface area (Å²) in [7, 11) is 1.23. The maximum atomic E-state index is 11.0. The molecule has 0 aliphatic rings. The smallest absolute Gasteiger partial charge is 0.334 e. The molecule has 2 amide bonds. The molecule has 0 aliphatic carbocycles. The number of carbonyl (C=O) groups excluding carboxylic acids is 2. The number of aliphatic hydroxyl groups is 1. The molecule has 1 unspecified atom stereocenters. The maximum Gasteiger partial charge on any atom is 0.334 e. The zero-order valence-electron chi connectivity index (χ0n) is 8.73. The van der Waals surface area contributed by atoms with Crippen LogP contribution in [0.15, 0.2) is 0 Å². The largest absolute Gasteiger partial charge is 0.479 e. The number of hydrogen-bond donors (Lipinski definition) is 4. The van der Waals surface area contributed by atoms with Crippen molar-refractivity contribution in [2.24, 2.45) is 0 Å². The van der Waals surface area contributed by atoms with E-state index < -0.39 is 30.6 Å². The highest BCUT2D eigenvalue weighted by Crippen LogP contribution is 1.82. The third kappa shape index (κ3) is 6.60. The monoisotopic (exact) mass is 234 g/mol. The van der Waals surface area contributed by atoms with Crippen molar-refractivity contribution in [2.75, 3.05) is 20.2 Å². The normalized spacial score (nSPS) is 11.4. The molecule has 0 rings (SSSR count). The number of aliphatic carboxylic acids is 1. The van der Waals surface area contributed by atoms with Crippen LogP contribution in [0.5, 0.6) is 0 Å². The Morgan fingerprint density at radius 2 is 1.94 bits per heavy atom. The number of amides is 2. The van der Waals surface area contributed by atoms with Crippen LogP contribution < -0.4 is 10.6 Å². The molecule has 0 saturated carbocycles. The standard InChI is InChI=1S/C8H14N2O6/c1-16-6(12)2-3-9-8(15)10-4-5(11)7(13)14/h5,11H,2-4H2,1H3,(H,13,14)(H2,9,10,15). The lowest BCUT2D eigenvalue weighted by molar-refractivity contribution is -0.146. The van der Waals surface area contributed by atoms with E-state index in [2.05, 4.69) is 15.4 Å². The van der Waals surface area contributed by atoms with Crippen molar-refractivity contribution in [2.45, 2.75) is 12.5 Å². The molecule has 0 aliphatic heterocycles. The summed E-state index contributed by atoms with van der Waals surface area (Å²) in [5, 5.41) is 21.5. The molecule has 0 saturated heterocycles. The fraction of sp³-hybridized carbons (Fsp3) is 0.625. The zero-order valence-corrected chi connectivity index (χ0v) is 8.73. The van der Waals surface area contributed by atoms with Crippen molar-refractivity contribution in [3.05, 3.63) is 0 Å². The van der Waals surface area contributed by atoms with E-state index in [1.54, 1.807) is 0 Å². The van der Waals surface area contributed by atoms with Crippen molar-refractivity contribution in [1.29, 1.82) is 0 Å². The number of hydrogen-bond acceptors (Lipinski definition) is 5. The second-order valence-corrected chi connectivity index (χ2v) is 2.82. The van der Waals surface area contributed by atoms with Crippen LogP contribution in [-0.4, -0.2) is 54.5 Å². The molecule has 0 aromatic heterocycles. The number of esters is 1. The first-order chi connectivity index (χ1) is 7.47. The van der Waals surface area contributed by atoms with E-state index in [4.69, 9.17) is 10.2 Å². The first-order valence-electron chi connectivity index (χ1n) is 4.46. The number of aliphatic hydroxyl groups excluding tert-OH is 1. The van der Waals surface area contributed by atoms with Gasteiger partial charge in [0.15, 0.2) is 6.10 Å². The minimum Gasteiger partial charge on any atom is -0.479 e. The molecule has 1 atom stereocenters. The van der Waals surface area contributed by atoms with Crippen molar-refractivity contribution < 1.29 is 29.3 Å². The quantitative estimate of drug-likeness (QED) is 0.406. The van der Waals surface area contributed by atoms with Crippen LogP contribution >= 0.6 is 0 Å². The molecule has 0 aromatic carbocycles. The van der Waals surface area contributed by atoms with Crippen LogP contribution in [0.2, 0.25) is 0 Å². The van der Waals surface area contributed by atoms with Gasteiger partial charge in [-0.1, -0.05) is 0 Å². The topological polar surface area (TPSA) is 125 Å². The molecule has 0 fully saturated rings. The van der Waals surface area contributed by atoms with Gasteiger partial charge in [0.25, 0.3) is 0 Å². The van der Waals surface area contributed by atoms with E-state index in [0.29, 0.717) is 0 Å². The van der Waals surface area contributed by atoms with Crippen LogP contribution in [0, 0.1) is 0 Å². The van der Waals surface area contributed by atoms with E-state index in [0.717, 1.165) is 0 Å². The highest BCUT2D eigenvalue weighted by molar-refractivity contribution is 5.77. The van der Waals surface area contributed by atoms with Gasteiger partial charge in [-0.05, 0) is 0 Å². The number of nitrogens with one attached hydrogen (secondary N) is 2. The molecule has 4 N–H and O–H groups in total. The number of carbonyl (C=O) groups is 3. The summed E-state index contributed by atoms with van der Waals surface area (Å²) in [4.78, 5) is 31.8. The third-order valence-corrected chi connectivity index (χ3v) is 1.58. The first-order valence-corrected chi connectivity index (χ1v) is 4.46. The average molecular weight is 234 g/mol. The molecule has 0 heterocycles. The summed E-state index contributed by atoms with van der Waals surface area (Å²) in [6, 6.07) is -0.663. The van der Waals surface area contributed by atoms with Crippen LogP contribution in [-0.2, 0) is 14.3 Å². The Morgan fingerprint density at radius 3 is 2.44 bits per heavy atom. The molecule has 0 aromatic rings. The number of ether oxygens (including phenoxy) is 1. The Kier molecular flexibility index (Phi) is 6.61. The van der Waals surface area contributed by atoms with Crippen LogP contribution in [0.1, 0.15) is 6.42 Å². The summed E-state index contributed by atoms with van der Waals surface area (Å²) >= 11 is 0. The maximum absolute atomic E-state index is 11.0. The first kappa shape index (κ1) is 14.2. The van der Waals surface area contributed by atoms with Crippen LogP contribution in [0.25, 0.3) is 0 Å². The molecule has 92 valence electrons. The Hall–Kier alpha value is -1.83. The van der Waals surface area contributed by atoms with E-state index >= 15 is 0 Å². The fourth-order valence-corrected chi connectivity index (χ4v) is 0.719. The predicted octanol–water partition coefficient (Wildman–Crippen LogP) is -1.71. The van der Waals surface area contributed by atoms with Gasteiger partial charge in [0.2, 0.25) is 0 Å². The Balaban J connectivity index is 3.60. The van der Waals surface area contributed by atoms with Gasteiger partial charge in [-0.25, -0.2) is 9.59 Å². The van der Waals surface area contributed by atoms with Crippen molar-refractivity contribution in [1.82, 2.24) is 10.6 Å². The van der Waals surface area contributed by atoms with Crippen molar-refractivity contribution in [3.63, 3.8) is 0 Å². The third-order valence-electron chi connectivity index (χ3n) is 1.58. The molecule has 16 heavy (non-hydrogen) atoms. The number of rotatable bonds is 6. The van der Waals surface area contributed by atoms with Gasteiger partial charge < -0.3 is 25.6 Å². The molecule has 0 spiro atoms. The molecule has 0 bridgehead atoms. The Labute approximate surface area is 91.6 Å². The fourth-order valence-electron chi connectivity index (χ4n) is 0.719. The zero-order chi connectivity index (χ0) is 12.6. The lowest BCUT2D eigenvalue weighted by Gasteiger charge is -2.08. The molecular weight excluding hydrogens is 220 g/mol. The van der Waals surface area contributed by atoms with Crippen LogP contribution in [0.3, 0.4) is 0 Å². The average Bonchev–Trinajstić information content (AvgIpc) is 2.25. The van der Waals surface area contributed by atoms with Crippen molar-refractivity contribution >= 4 is 18.0 Å². The lowest BCUT2D eigenvalue weighted by atomic mass is 10.3. The summed E-state index contributed by atoms with van der Waals surface area (Å²) in [5.74, 6) is -1.89. The number of urea groups is 1. The van der Waals surface area contributed by atoms with Crippen LogP contribution in [0.4, 0.5) is 4.79 Å². The SMILES string of the molecule is COC(=O)CCNC(=O)NCC(O)C(=O)O. The second kappa shape index (κ2) is 7.46. The highest BCUT2D eigenvalue weighted by Gasteiger charge is 2.13. The van der Waals surface area contributed by atoms with Gasteiger partial charge in [-0.2, -0.15) is 0 Å². The number of methoxy groups -OCH3 is 1. The van der Waals surface area contributed by atoms with Crippen molar-refractivity contribution in [3.8, 4) is 0 Å². The van der Waals surface area contributed by atoms with E-state index in [-0.39, 0.29) is 13.0 Å². The van der Waals surface area contributed by atoms with E-state index in [1.165, 1.54) is 7.11 Å². The Morgan fingerprint density at radius 1 is 1.31 bits per heavy atom. The summed E-state index contributed by atoms with van der Waals surface area (Å²) in [6.45, 7) is -0.332. The number of carboxylic acids is 1. The molecular formula is C8H14N2O6. The predicted molar refractivity (Wildman–Crippen MR) is 51.7 cm³/mol. The summed E-state index contributed by atoms with van der Waals surface area (Å²) < 4.78 is 4.33. The molecule has 8 nitrogen and oxygen atoms in total. The minimum atomic E-state index is -1.65. The summed E-state index contributed by atoms with van der Waals surface area (Å²) in [6.07, 6.45) is -1.63. The van der Waals surface area contributed by atoms with Gasteiger partial charge >= 0.3 is 18.0 Å². The number of carboxylic acid groups (broad SMARTS) is 1. The molecule has 0 radical (unpaired) electrons. The van der Waals surface area contributed by atoms with E-state index in [9.17, 15) is 14.4 Å². The van der Waals surface area contributed by atoms with E-state index in [1.807, 2.05) is 0 Å². The van der Waals surface area contributed by atoms with Gasteiger partial charge in [0.05, 0.1) is 20.1 Å². The minimum absolute atomic E-state index is 0.0193.